The van der Waals surface area contributed by atoms with Gasteiger partial charge in [-0.15, -0.1) is 0 Å². The van der Waals surface area contributed by atoms with Crippen LogP contribution >= 0.6 is 0 Å². The van der Waals surface area contributed by atoms with E-state index >= 15 is 0 Å². The maximum absolute atomic E-state index is 13.4. The van der Waals surface area contributed by atoms with Crippen molar-refractivity contribution >= 4 is 5.91 Å². The maximum Gasteiger partial charge on any atom is 0.220 e. The van der Waals surface area contributed by atoms with Gasteiger partial charge in [-0.2, -0.15) is 0 Å². The molecular weight excluding hydrogens is 272 g/mol. The molecule has 2 rings (SSSR count). The molecule has 2 aromatic carbocycles. The number of carbonyl (C=O) groups excluding carboxylic acids is 1. The van der Waals surface area contributed by atoms with E-state index in [0.717, 1.165) is 5.56 Å². The van der Waals surface area contributed by atoms with E-state index in [1.54, 1.807) is 24.3 Å². The molecule has 0 spiro atoms. The van der Waals surface area contributed by atoms with E-state index in [1.165, 1.54) is 18.2 Å². The Bertz CT molecular complexity index is 613. The highest BCUT2D eigenvalue weighted by Gasteiger charge is 2.05. The first-order valence-electron chi connectivity index (χ1n) is 6.90. The Balaban J connectivity index is 1.72. The maximum atomic E-state index is 13.4. The van der Waals surface area contributed by atoms with Crippen LogP contribution in [0, 0.1) is 11.6 Å². The van der Waals surface area contributed by atoms with Crippen LogP contribution in [0.2, 0.25) is 0 Å². The van der Waals surface area contributed by atoms with Crippen LogP contribution in [0.25, 0.3) is 0 Å². The average Bonchev–Trinajstić information content (AvgIpc) is 2.46. The molecular formula is C17H17F2NO. The van der Waals surface area contributed by atoms with Gasteiger partial charge in [0.1, 0.15) is 11.6 Å². The van der Waals surface area contributed by atoms with Gasteiger partial charge in [0.15, 0.2) is 0 Å². The van der Waals surface area contributed by atoms with Crippen molar-refractivity contribution in [2.75, 3.05) is 6.54 Å². The van der Waals surface area contributed by atoms with Crippen molar-refractivity contribution in [2.24, 2.45) is 0 Å². The number of benzene rings is 2. The second-order valence-corrected chi connectivity index (χ2v) is 4.82. The van der Waals surface area contributed by atoms with Gasteiger partial charge in [0.2, 0.25) is 5.91 Å². The third-order valence-corrected chi connectivity index (χ3v) is 3.20. The molecule has 0 saturated carbocycles. The molecule has 0 aromatic heterocycles. The highest BCUT2D eigenvalue weighted by atomic mass is 19.1. The fourth-order valence-electron chi connectivity index (χ4n) is 2.08. The van der Waals surface area contributed by atoms with Crippen LogP contribution in [0.15, 0.2) is 48.5 Å². The number of hydrogen-bond acceptors (Lipinski definition) is 1. The molecule has 21 heavy (non-hydrogen) atoms. The Labute approximate surface area is 122 Å². The fraction of sp³-hybridized carbons (Fsp3) is 0.235. The van der Waals surface area contributed by atoms with Gasteiger partial charge in [-0.25, -0.2) is 8.78 Å². The van der Waals surface area contributed by atoms with Gasteiger partial charge in [-0.05, 0) is 42.2 Å². The zero-order chi connectivity index (χ0) is 15.1. The van der Waals surface area contributed by atoms with Crippen molar-refractivity contribution in [3.05, 3.63) is 71.3 Å². The second-order valence-electron chi connectivity index (χ2n) is 4.82. The monoisotopic (exact) mass is 289 g/mol. The first-order valence-corrected chi connectivity index (χ1v) is 6.90. The Kier molecular flexibility index (Phi) is 5.43. The summed E-state index contributed by atoms with van der Waals surface area (Å²) < 4.78 is 26.4. The topological polar surface area (TPSA) is 29.1 Å². The number of hydrogen-bond donors (Lipinski definition) is 1. The Morgan fingerprint density at radius 1 is 1.00 bits per heavy atom. The van der Waals surface area contributed by atoms with Crippen LogP contribution in [-0.2, 0) is 17.6 Å². The van der Waals surface area contributed by atoms with E-state index in [-0.39, 0.29) is 24.0 Å². The van der Waals surface area contributed by atoms with Gasteiger partial charge in [-0.3, -0.25) is 4.79 Å². The minimum absolute atomic E-state index is 0.130. The summed E-state index contributed by atoms with van der Waals surface area (Å²) in [6, 6.07) is 12.7. The van der Waals surface area contributed by atoms with E-state index in [0.29, 0.717) is 24.9 Å². The van der Waals surface area contributed by atoms with Crippen molar-refractivity contribution in [3.63, 3.8) is 0 Å². The van der Waals surface area contributed by atoms with Gasteiger partial charge in [0, 0.05) is 13.0 Å². The van der Waals surface area contributed by atoms with Gasteiger partial charge >= 0.3 is 0 Å². The predicted molar refractivity (Wildman–Crippen MR) is 77.8 cm³/mol. The van der Waals surface area contributed by atoms with Crippen LogP contribution in [0.5, 0.6) is 0 Å². The zero-order valence-electron chi connectivity index (χ0n) is 11.6. The van der Waals surface area contributed by atoms with Crippen LogP contribution in [0.1, 0.15) is 17.5 Å². The normalized spacial score (nSPS) is 10.4. The number of aryl methyl sites for hydroxylation is 1. The van der Waals surface area contributed by atoms with E-state index in [4.69, 9.17) is 0 Å². The largest absolute Gasteiger partial charge is 0.356 e. The predicted octanol–water partition coefficient (Wildman–Crippen LogP) is 3.26. The molecule has 4 heteroatoms. The molecule has 110 valence electrons. The average molecular weight is 289 g/mol. The van der Waals surface area contributed by atoms with E-state index < -0.39 is 0 Å². The molecule has 0 saturated heterocycles. The molecule has 0 unspecified atom stereocenters. The Morgan fingerprint density at radius 2 is 1.81 bits per heavy atom. The minimum atomic E-state index is -0.287. The number of nitrogens with one attached hydrogen (secondary N) is 1. The third-order valence-electron chi connectivity index (χ3n) is 3.20. The summed E-state index contributed by atoms with van der Waals surface area (Å²) in [5.41, 5.74) is 1.38. The molecule has 0 aliphatic rings. The Hall–Kier alpha value is -2.23. The zero-order valence-corrected chi connectivity index (χ0v) is 11.6. The van der Waals surface area contributed by atoms with E-state index in [1.807, 2.05) is 6.07 Å². The lowest BCUT2D eigenvalue weighted by molar-refractivity contribution is -0.121. The number of carbonyl (C=O) groups is 1. The summed E-state index contributed by atoms with van der Waals surface area (Å²) in [5.74, 6) is -0.696. The number of rotatable bonds is 6. The Morgan fingerprint density at radius 3 is 2.57 bits per heavy atom. The minimum Gasteiger partial charge on any atom is -0.356 e. The summed E-state index contributed by atoms with van der Waals surface area (Å²) in [7, 11) is 0. The standard InChI is InChI=1S/C17H17F2NO/c18-15-6-3-4-13(12-15)10-11-20-17(21)9-8-14-5-1-2-7-16(14)19/h1-7,12H,8-11H2,(H,20,21). The van der Waals surface area contributed by atoms with Crippen LogP contribution in [0.3, 0.4) is 0 Å². The summed E-state index contributed by atoms with van der Waals surface area (Å²) in [6.45, 7) is 0.444. The molecule has 0 fully saturated rings. The lowest BCUT2D eigenvalue weighted by atomic mass is 10.1. The highest BCUT2D eigenvalue weighted by molar-refractivity contribution is 5.76. The van der Waals surface area contributed by atoms with Crippen LogP contribution in [-0.4, -0.2) is 12.5 Å². The van der Waals surface area contributed by atoms with Gasteiger partial charge in [-0.1, -0.05) is 30.3 Å². The lowest BCUT2D eigenvalue weighted by Gasteiger charge is -2.06. The third kappa shape index (κ3) is 4.99. The van der Waals surface area contributed by atoms with E-state index in [2.05, 4.69) is 5.32 Å². The molecule has 0 atom stereocenters. The van der Waals surface area contributed by atoms with E-state index in [9.17, 15) is 13.6 Å². The molecule has 0 bridgehead atoms. The highest BCUT2D eigenvalue weighted by Crippen LogP contribution is 2.08. The molecule has 1 N–H and O–H groups in total. The quantitative estimate of drug-likeness (QED) is 0.869. The molecule has 0 aliphatic heterocycles. The van der Waals surface area contributed by atoms with Crippen molar-refractivity contribution in [3.8, 4) is 0 Å². The summed E-state index contributed by atoms with van der Waals surface area (Å²) in [6.07, 6.45) is 1.19. The smallest absolute Gasteiger partial charge is 0.220 e. The first kappa shape index (κ1) is 15.2. The van der Waals surface area contributed by atoms with Gasteiger partial charge in [0.25, 0.3) is 0 Å². The van der Waals surface area contributed by atoms with Crippen LogP contribution in [0.4, 0.5) is 8.78 Å². The second kappa shape index (κ2) is 7.53. The summed E-state index contributed by atoms with van der Waals surface area (Å²) >= 11 is 0. The van der Waals surface area contributed by atoms with Gasteiger partial charge in [0.05, 0.1) is 0 Å². The lowest BCUT2D eigenvalue weighted by Crippen LogP contribution is -2.26. The number of halogens is 2. The fourth-order valence-corrected chi connectivity index (χ4v) is 2.08. The first-order chi connectivity index (χ1) is 10.1. The molecule has 1 amide bonds. The van der Waals surface area contributed by atoms with Crippen molar-refractivity contribution in [1.29, 1.82) is 0 Å². The molecule has 0 heterocycles. The molecule has 2 aromatic rings. The van der Waals surface area contributed by atoms with Crippen LogP contribution < -0.4 is 5.32 Å². The number of amides is 1. The summed E-state index contributed by atoms with van der Waals surface area (Å²) in [5, 5.41) is 2.76. The van der Waals surface area contributed by atoms with Crippen molar-refractivity contribution in [2.45, 2.75) is 19.3 Å². The molecule has 0 radical (unpaired) electrons. The SMILES string of the molecule is O=C(CCc1ccccc1F)NCCc1cccc(F)c1. The molecule has 0 aliphatic carbocycles. The summed E-state index contributed by atoms with van der Waals surface area (Å²) in [4.78, 5) is 11.7. The van der Waals surface area contributed by atoms with Gasteiger partial charge < -0.3 is 5.32 Å². The van der Waals surface area contributed by atoms with Crippen molar-refractivity contribution in [1.82, 2.24) is 5.32 Å². The van der Waals surface area contributed by atoms with Crippen molar-refractivity contribution < 1.29 is 13.6 Å². The molecule has 2 nitrogen and oxygen atoms in total.